The number of hydrogen-bond donors (Lipinski definition) is 2. The van der Waals surface area contributed by atoms with Gasteiger partial charge in [0.25, 0.3) is 5.91 Å². The largest absolute Gasteiger partial charge is 0.363 e. The molecule has 6 heteroatoms. The van der Waals surface area contributed by atoms with Crippen molar-refractivity contribution in [2.75, 3.05) is 12.4 Å². The highest BCUT2D eigenvalue weighted by Crippen LogP contribution is 2.39. The summed E-state index contributed by atoms with van der Waals surface area (Å²) in [7, 11) is 1.76. The Morgan fingerprint density at radius 1 is 1.44 bits per heavy atom. The van der Waals surface area contributed by atoms with Crippen molar-refractivity contribution in [2.45, 2.75) is 32.2 Å². The Hall–Kier alpha value is -1.17. The first-order valence-corrected chi connectivity index (χ1v) is 6.18. The second-order valence-electron chi connectivity index (χ2n) is 4.61. The number of nitrogens with one attached hydrogen (secondary N) is 2. The second-order valence-corrected chi connectivity index (χ2v) is 5.59. The molecule has 0 aliphatic heterocycles. The normalized spacial score (nSPS) is 15.9. The van der Waals surface area contributed by atoms with E-state index in [4.69, 9.17) is 0 Å². The van der Waals surface area contributed by atoms with E-state index in [1.165, 1.54) is 24.2 Å². The summed E-state index contributed by atoms with van der Waals surface area (Å²) in [6.07, 6.45) is 2.40. The molecule has 1 amide bonds. The van der Waals surface area contributed by atoms with Gasteiger partial charge in [-0.15, -0.1) is 10.2 Å². The molecule has 1 aromatic heterocycles. The molecule has 0 radical (unpaired) electrons. The van der Waals surface area contributed by atoms with Crippen LogP contribution in [0.3, 0.4) is 0 Å². The highest BCUT2D eigenvalue weighted by Gasteiger charge is 2.39. The van der Waals surface area contributed by atoms with Crippen molar-refractivity contribution in [1.82, 2.24) is 15.5 Å². The van der Waals surface area contributed by atoms with Crippen LogP contribution >= 0.6 is 11.3 Å². The topological polar surface area (TPSA) is 66.9 Å². The Labute approximate surface area is 98.7 Å². The van der Waals surface area contributed by atoms with Gasteiger partial charge in [-0.2, -0.15) is 0 Å². The van der Waals surface area contributed by atoms with Gasteiger partial charge in [0.15, 0.2) is 0 Å². The summed E-state index contributed by atoms with van der Waals surface area (Å²) in [6.45, 7) is 4.12. The number of anilines is 1. The smallest absolute Gasteiger partial charge is 0.282 e. The molecule has 0 saturated heterocycles. The van der Waals surface area contributed by atoms with Crippen LogP contribution in [0.2, 0.25) is 0 Å². The molecule has 1 aromatic rings. The first-order valence-electron chi connectivity index (χ1n) is 5.36. The minimum atomic E-state index is -0.136. The molecule has 1 fully saturated rings. The van der Waals surface area contributed by atoms with Crippen LogP contribution in [0.1, 0.15) is 36.5 Å². The number of carbonyl (C=O) groups excluding carboxylic acids is 1. The van der Waals surface area contributed by atoms with Crippen molar-refractivity contribution in [3.05, 3.63) is 5.01 Å². The van der Waals surface area contributed by atoms with Crippen LogP contribution in [0.5, 0.6) is 0 Å². The van der Waals surface area contributed by atoms with Gasteiger partial charge in [-0.05, 0) is 32.6 Å². The molecule has 0 spiro atoms. The quantitative estimate of drug-likeness (QED) is 0.837. The Balaban J connectivity index is 2.02. The van der Waals surface area contributed by atoms with Crippen LogP contribution < -0.4 is 10.6 Å². The van der Waals surface area contributed by atoms with Gasteiger partial charge >= 0.3 is 0 Å². The summed E-state index contributed by atoms with van der Waals surface area (Å²) >= 11 is 1.27. The van der Waals surface area contributed by atoms with Crippen molar-refractivity contribution in [1.29, 1.82) is 0 Å². The molecule has 0 unspecified atom stereocenters. The zero-order valence-electron chi connectivity index (χ0n) is 9.70. The molecule has 0 aromatic carbocycles. The summed E-state index contributed by atoms with van der Waals surface area (Å²) in [6, 6.07) is 0. The lowest BCUT2D eigenvalue weighted by atomic mass is 9.99. The average molecular weight is 240 g/mol. The van der Waals surface area contributed by atoms with E-state index in [9.17, 15) is 4.79 Å². The molecule has 2 N–H and O–H groups in total. The minimum absolute atomic E-state index is 0.129. The zero-order chi connectivity index (χ0) is 11.8. The summed E-state index contributed by atoms with van der Waals surface area (Å²) in [5.74, 6) is 0.476. The van der Waals surface area contributed by atoms with Gasteiger partial charge in [0.2, 0.25) is 10.1 Å². The minimum Gasteiger partial charge on any atom is -0.363 e. The lowest BCUT2D eigenvalue weighted by Crippen LogP contribution is -2.45. The first-order chi connectivity index (χ1) is 7.53. The fraction of sp³-hybridized carbons (Fsp3) is 0.700. The molecule has 2 rings (SSSR count). The molecule has 0 atom stereocenters. The van der Waals surface area contributed by atoms with E-state index in [-0.39, 0.29) is 11.4 Å². The van der Waals surface area contributed by atoms with Crippen LogP contribution in [0.25, 0.3) is 0 Å². The number of aromatic nitrogens is 2. The van der Waals surface area contributed by atoms with Crippen LogP contribution in [-0.2, 0) is 0 Å². The van der Waals surface area contributed by atoms with Gasteiger partial charge in [-0.3, -0.25) is 4.79 Å². The molecular formula is C10H16N4OS. The van der Waals surface area contributed by atoms with Crippen molar-refractivity contribution < 1.29 is 4.79 Å². The Kier molecular flexibility index (Phi) is 2.84. The lowest BCUT2D eigenvalue weighted by molar-refractivity contribution is 0.0902. The van der Waals surface area contributed by atoms with Crippen molar-refractivity contribution >= 4 is 22.4 Å². The Morgan fingerprint density at radius 3 is 2.62 bits per heavy atom. The second kappa shape index (κ2) is 4.01. The van der Waals surface area contributed by atoms with Gasteiger partial charge in [0, 0.05) is 12.6 Å². The van der Waals surface area contributed by atoms with Crippen LogP contribution in [0.4, 0.5) is 5.13 Å². The molecule has 0 bridgehead atoms. The highest BCUT2D eigenvalue weighted by atomic mass is 32.1. The SMILES string of the molecule is CNc1nnc(C(=O)NC(C)(C)C2CC2)s1. The molecule has 1 aliphatic rings. The molecule has 16 heavy (non-hydrogen) atoms. The van der Waals surface area contributed by atoms with Crippen molar-refractivity contribution in [3.8, 4) is 0 Å². The van der Waals surface area contributed by atoms with Crippen LogP contribution in [0, 0.1) is 5.92 Å². The molecule has 1 saturated carbocycles. The van der Waals surface area contributed by atoms with E-state index in [2.05, 4.69) is 34.7 Å². The molecule has 88 valence electrons. The fourth-order valence-corrected chi connectivity index (χ4v) is 2.26. The Bertz CT molecular complexity index is 397. The van der Waals surface area contributed by atoms with Crippen molar-refractivity contribution in [2.24, 2.45) is 5.92 Å². The van der Waals surface area contributed by atoms with Crippen molar-refractivity contribution in [3.63, 3.8) is 0 Å². The molecule has 1 aliphatic carbocycles. The third kappa shape index (κ3) is 2.32. The predicted molar refractivity (Wildman–Crippen MR) is 63.7 cm³/mol. The average Bonchev–Trinajstić information content (AvgIpc) is 2.97. The number of carbonyl (C=O) groups is 1. The van der Waals surface area contributed by atoms with E-state index in [1.807, 2.05) is 0 Å². The number of rotatable bonds is 4. The maximum Gasteiger partial charge on any atom is 0.282 e. The third-order valence-corrected chi connectivity index (χ3v) is 3.81. The van der Waals surface area contributed by atoms with E-state index in [1.54, 1.807) is 7.05 Å². The maximum absolute atomic E-state index is 11.9. The van der Waals surface area contributed by atoms with Gasteiger partial charge in [-0.25, -0.2) is 0 Å². The number of hydrogen-bond acceptors (Lipinski definition) is 5. The fourth-order valence-electron chi connectivity index (χ4n) is 1.67. The number of amides is 1. The van der Waals surface area contributed by atoms with Gasteiger partial charge in [0.05, 0.1) is 0 Å². The Morgan fingerprint density at radius 2 is 2.12 bits per heavy atom. The van der Waals surface area contributed by atoms with Gasteiger partial charge in [-0.1, -0.05) is 11.3 Å². The summed E-state index contributed by atoms with van der Waals surface area (Å²) in [4.78, 5) is 11.9. The van der Waals surface area contributed by atoms with Gasteiger partial charge < -0.3 is 10.6 Å². The third-order valence-electron chi connectivity index (χ3n) is 2.87. The summed E-state index contributed by atoms with van der Waals surface area (Å²) in [5.41, 5.74) is -0.136. The van der Waals surface area contributed by atoms with Crippen LogP contribution in [-0.4, -0.2) is 28.7 Å². The van der Waals surface area contributed by atoms with Gasteiger partial charge in [0.1, 0.15) is 0 Å². The van der Waals surface area contributed by atoms with E-state index in [0.29, 0.717) is 16.1 Å². The zero-order valence-corrected chi connectivity index (χ0v) is 10.5. The highest BCUT2D eigenvalue weighted by molar-refractivity contribution is 7.17. The lowest BCUT2D eigenvalue weighted by Gasteiger charge is -2.25. The summed E-state index contributed by atoms with van der Waals surface area (Å²) in [5, 5.41) is 14.6. The molecular weight excluding hydrogens is 224 g/mol. The standard InChI is InChI=1S/C10H16N4OS/c1-10(2,6-4-5-6)12-7(15)8-13-14-9(11-3)16-8/h6H,4-5H2,1-3H3,(H,11,14)(H,12,15). The molecule has 5 nitrogen and oxygen atoms in total. The number of nitrogens with zero attached hydrogens (tertiary/aromatic N) is 2. The van der Waals surface area contributed by atoms with Crippen LogP contribution in [0.15, 0.2) is 0 Å². The monoisotopic (exact) mass is 240 g/mol. The predicted octanol–water partition coefficient (Wildman–Crippen LogP) is 1.50. The first kappa shape index (κ1) is 11.3. The maximum atomic E-state index is 11.9. The summed E-state index contributed by atoms with van der Waals surface area (Å²) < 4.78 is 0. The van der Waals surface area contributed by atoms with E-state index >= 15 is 0 Å². The van der Waals surface area contributed by atoms with E-state index in [0.717, 1.165) is 0 Å². The van der Waals surface area contributed by atoms with E-state index < -0.39 is 0 Å². The molecule has 1 heterocycles.